The molecular weight excluding hydrogens is 219 g/mol. The molecule has 0 saturated carbocycles. The molecule has 1 aromatic rings. The molecule has 4 heteroatoms. The van der Waals surface area contributed by atoms with Crippen molar-refractivity contribution in [2.45, 2.75) is 19.1 Å². The van der Waals surface area contributed by atoms with Crippen LogP contribution < -0.4 is 5.73 Å². The Bertz CT molecular complexity index is 372. The summed E-state index contributed by atoms with van der Waals surface area (Å²) < 4.78 is 18.7. The molecule has 0 radical (unpaired) electrons. The van der Waals surface area contributed by atoms with Crippen LogP contribution in [-0.4, -0.2) is 37.2 Å². The Morgan fingerprint density at radius 2 is 2.41 bits per heavy atom. The largest absolute Gasteiger partial charge is 0.374 e. The quantitative estimate of drug-likeness (QED) is 0.868. The summed E-state index contributed by atoms with van der Waals surface area (Å²) in [5.74, 6) is -0.182. The second-order valence-electron chi connectivity index (χ2n) is 4.45. The molecule has 0 aromatic heterocycles. The van der Waals surface area contributed by atoms with Crippen molar-refractivity contribution < 1.29 is 9.13 Å². The Hall–Kier alpha value is -0.970. The highest BCUT2D eigenvalue weighted by Crippen LogP contribution is 2.22. The number of morpholine rings is 1. The summed E-state index contributed by atoms with van der Waals surface area (Å²) in [6, 6.07) is 6.97. The van der Waals surface area contributed by atoms with E-state index in [2.05, 4.69) is 11.8 Å². The van der Waals surface area contributed by atoms with E-state index in [1.165, 1.54) is 6.07 Å². The summed E-state index contributed by atoms with van der Waals surface area (Å²) in [4.78, 5) is 2.29. The fourth-order valence-corrected chi connectivity index (χ4v) is 2.21. The summed E-state index contributed by atoms with van der Waals surface area (Å²) in [5.41, 5.74) is 6.62. The first-order chi connectivity index (χ1) is 8.20. The third-order valence-electron chi connectivity index (χ3n) is 3.31. The molecule has 1 aliphatic heterocycles. The molecule has 2 unspecified atom stereocenters. The Morgan fingerprint density at radius 1 is 1.59 bits per heavy atom. The SMILES string of the molecule is CC(c1cccc(F)c1)N1CCOC(CN)C1. The summed E-state index contributed by atoms with van der Waals surface area (Å²) in [6.07, 6.45) is 0.0970. The van der Waals surface area contributed by atoms with Gasteiger partial charge in [-0.05, 0) is 24.6 Å². The van der Waals surface area contributed by atoms with E-state index in [0.717, 1.165) is 18.7 Å². The molecule has 3 nitrogen and oxygen atoms in total. The standard InChI is InChI=1S/C13H19FN2O/c1-10(11-3-2-4-12(14)7-11)16-5-6-17-13(8-15)9-16/h2-4,7,10,13H,5-6,8-9,15H2,1H3. The van der Waals surface area contributed by atoms with Gasteiger partial charge in [0.1, 0.15) is 5.82 Å². The summed E-state index contributed by atoms with van der Waals surface area (Å²) in [7, 11) is 0. The second kappa shape index (κ2) is 5.58. The molecule has 1 aromatic carbocycles. The van der Waals surface area contributed by atoms with Gasteiger partial charge in [-0.15, -0.1) is 0 Å². The normalized spacial score (nSPS) is 23.6. The van der Waals surface area contributed by atoms with E-state index in [1.807, 2.05) is 6.07 Å². The van der Waals surface area contributed by atoms with Gasteiger partial charge in [0.05, 0.1) is 12.7 Å². The number of halogens is 1. The molecule has 0 bridgehead atoms. The zero-order valence-electron chi connectivity index (χ0n) is 10.1. The predicted octanol–water partition coefficient (Wildman–Crippen LogP) is 1.55. The number of hydrogen-bond acceptors (Lipinski definition) is 3. The molecule has 0 aliphatic carbocycles. The number of ether oxygens (including phenoxy) is 1. The van der Waals surface area contributed by atoms with Gasteiger partial charge in [-0.2, -0.15) is 0 Å². The summed E-state index contributed by atoms with van der Waals surface area (Å²) in [5, 5.41) is 0. The highest BCUT2D eigenvalue weighted by atomic mass is 19.1. The van der Waals surface area contributed by atoms with E-state index >= 15 is 0 Å². The molecule has 17 heavy (non-hydrogen) atoms. The van der Waals surface area contributed by atoms with Crippen molar-refractivity contribution >= 4 is 0 Å². The second-order valence-corrected chi connectivity index (χ2v) is 4.45. The number of nitrogens with zero attached hydrogens (tertiary/aromatic N) is 1. The van der Waals surface area contributed by atoms with Crippen LogP contribution in [-0.2, 0) is 4.74 Å². The van der Waals surface area contributed by atoms with E-state index in [1.54, 1.807) is 12.1 Å². The molecule has 0 spiro atoms. The molecule has 94 valence electrons. The van der Waals surface area contributed by atoms with Crippen LogP contribution in [0.2, 0.25) is 0 Å². The lowest BCUT2D eigenvalue weighted by molar-refractivity contribution is -0.0364. The van der Waals surface area contributed by atoms with Crippen molar-refractivity contribution in [2.24, 2.45) is 5.73 Å². The summed E-state index contributed by atoms with van der Waals surface area (Å²) in [6.45, 7) is 5.00. The van der Waals surface area contributed by atoms with E-state index < -0.39 is 0 Å². The van der Waals surface area contributed by atoms with Crippen LogP contribution in [0.5, 0.6) is 0 Å². The minimum atomic E-state index is -0.182. The van der Waals surface area contributed by atoms with E-state index in [4.69, 9.17) is 10.5 Å². The first kappa shape index (κ1) is 12.5. The molecule has 2 N–H and O–H groups in total. The van der Waals surface area contributed by atoms with Gasteiger partial charge in [-0.1, -0.05) is 12.1 Å². The van der Waals surface area contributed by atoms with Crippen molar-refractivity contribution in [2.75, 3.05) is 26.2 Å². The van der Waals surface area contributed by atoms with E-state index in [-0.39, 0.29) is 18.0 Å². The molecule has 2 atom stereocenters. The third kappa shape index (κ3) is 3.03. The minimum Gasteiger partial charge on any atom is -0.374 e. The highest BCUT2D eigenvalue weighted by Gasteiger charge is 2.24. The Balaban J connectivity index is 2.06. The number of benzene rings is 1. The van der Waals surface area contributed by atoms with Crippen molar-refractivity contribution in [3.8, 4) is 0 Å². The zero-order chi connectivity index (χ0) is 12.3. The topological polar surface area (TPSA) is 38.5 Å². The van der Waals surface area contributed by atoms with Gasteiger partial charge >= 0.3 is 0 Å². The smallest absolute Gasteiger partial charge is 0.123 e. The maximum Gasteiger partial charge on any atom is 0.123 e. The van der Waals surface area contributed by atoms with Crippen LogP contribution in [0, 0.1) is 5.82 Å². The highest BCUT2D eigenvalue weighted by molar-refractivity contribution is 5.19. The van der Waals surface area contributed by atoms with Gasteiger partial charge in [0.2, 0.25) is 0 Å². The molecule has 1 saturated heterocycles. The monoisotopic (exact) mass is 238 g/mol. The average molecular weight is 238 g/mol. The zero-order valence-corrected chi connectivity index (χ0v) is 10.1. The first-order valence-corrected chi connectivity index (χ1v) is 6.02. The molecule has 0 amide bonds. The van der Waals surface area contributed by atoms with Crippen LogP contribution in [0.4, 0.5) is 4.39 Å². The van der Waals surface area contributed by atoms with Gasteiger partial charge in [-0.3, -0.25) is 4.90 Å². The molecule has 1 heterocycles. The Labute approximate surface area is 101 Å². The maximum absolute atomic E-state index is 13.2. The Kier molecular flexibility index (Phi) is 4.10. The minimum absolute atomic E-state index is 0.0970. The van der Waals surface area contributed by atoms with Gasteiger partial charge in [0.25, 0.3) is 0 Å². The Morgan fingerprint density at radius 3 is 3.12 bits per heavy atom. The number of rotatable bonds is 3. The van der Waals surface area contributed by atoms with E-state index in [0.29, 0.717) is 13.2 Å². The van der Waals surface area contributed by atoms with Crippen LogP contribution >= 0.6 is 0 Å². The fourth-order valence-electron chi connectivity index (χ4n) is 2.21. The van der Waals surface area contributed by atoms with Gasteiger partial charge in [0, 0.05) is 25.7 Å². The van der Waals surface area contributed by atoms with Crippen molar-refractivity contribution in [1.82, 2.24) is 4.90 Å². The molecule has 1 aliphatic rings. The van der Waals surface area contributed by atoms with E-state index in [9.17, 15) is 4.39 Å². The van der Waals surface area contributed by atoms with Crippen LogP contribution in [0.3, 0.4) is 0 Å². The lowest BCUT2D eigenvalue weighted by Crippen LogP contribution is -2.46. The lowest BCUT2D eigenvalue weighted by Gasteiger charge is -2.36. The fraction of sp³-hybridized carbons (Fsp3) is 0.538. The first-order valence-electron chi connectivity index (χ1n) is 6.02. The van der Waals surface area contributed by atoms with Crippen LogP contribution in [0.1, 0.15) is 18.5 Å². The average Bonchev–Trinajstić information content (AvgIpc) is 2.38. The van der Waals surface area contributed by atoms with Crippen LogP contribution in [0.15, 0.2) is 24.3 Å². The lowest BCUT2D eigenvalue weighted by atomic mass is 10.1. The predicted molar refractivity (Wildman–Crippen MR) is 65.2 cm³/mol. The van der Waals surface area contributed by atoms with Gasteiger partial charge in [0.15, 0.2) is 0 Å². The number of nitrogens with two attached hydrogens (primary N) is 1. The maximum atomic E-state index is 13.2. The van der Waals surface area contributed by atoms with Crippen LogP contribution in [0.25, 0.3) is 0 Å². The summed E-state index contributed by atoms with van der Waals surface area (Å²) >= 11 is 0. The molecule has 2 rings (SSSR count). The van der Waals surface area contributed by atoms with Crippen molar-refractivity contribution in [3.05, 3.63) is 35.6 Å². The van der Waals surface area contributed by atoms with Crippen molar-refractivity contribution in [3.63, 3.8) is 0 Å². The van der Waals surface area contributed by atoms with Gasteiger partial charge in [-0.25, -0.2) is 4.39 Å². The molecular formula is C13H19FN2O. The molecule has 1 fully saturated rings. The number of hydrogen-bond donors (Lipinski definition) is 1. The van der Waals surface area contributed by atoms with Gasteiger partial charge < -0.3 is 10.5 Å². The third-order valence-corrected chi connectivity index (χ3v) is 3.31. The van der Waals surface area contributed by atoms with Crippen molar-refractivity contribution in [1.29, 1.82) is 0 Å².